The Morgan fingerprint density at radius 3 is 2.79 bits per heavy atom. The van der Waals surface area contributed by atoms with Crippen molar-refractivity contribution in [3.05, 3.63) is 30.1 Å². The van der Waals surface area contributed by atoms with Crippen molar-refractivity contribution in [3.63, 3.8) is 0 Å². The molecule has 2 amide bonds. The molecule has 1 aromatic heterocycles. The molecule has 0 radical (unpaired) electrons. The quantitative estimate of drug-likeness (QED) is 0.724. The number of carbonyl (C=O) groups is 2. The predicted molar refractivity (Wildman–Crippen MR) is 105 cm³/mol. The number of H-pyrrole nitrogens is 1. The van der Waals surface area contributed by atoms with E-state index in [4.69, 9.17) is 4.74 Å². The number of fused-ring (bicyclic) bond motifs is 1. The monoisotopic (exact) mass is 388 g/mol. The molecule has 2 aromatic rings. The number of nitrogens with zero attached hydrogens (tertiary/aromatic N) is 2. The smallest absolute Gasteiger partial charge is 0.410 e. The lowest BCUT2D eigenvalue weighted by atomic mass is 10.1. The van der Waals surface area contributed by atoms with Crippen LogP contribution in [0.2, 0.25) is 0 Å². The van der Waals surface area contributed by atoms with Crippen molar-refractivity contribution >= 4 is 23.0 Å². The normalized spacial score (nSPS) is 19.8. The highest BCUT2D eigenvalue weighted by Gasteiger charge is 2.36. The van der Waals surface area contributed by atoms with E-state index in [2.05, 4.69) is 15.3 Å². The molecule has 1 aliphatic rings. The average Bonchev–Trinajstić information content (AvgIpc) is 3.19. The maximum atomic E-state index is 12.2. The zero-order valence-electron chi connectivity index (χ0n) is 16.6. The van der Waals surface area contributed by atoms with Gasteiger partial charge in [0.2, 0.25) is 5.91 Å². The number of aliphatic hydroxyl groups excluding tert-OH is 1. The number of amides is 2. The average molecular weight is 388 g/mol. The SMILES string of the molecule is CC(C)(C)OC(=O)N1C[C@@H](CNC(=O)CCc2nc3ccccc3[nH]2)[C@H](O)C1. The molecule has 3 N–H and O–H groups in total. The van der Waals surface area contributed by atoms with Crippen LogP contribution < -0.4 is 5.32 Å². The lowest BCUT2D eigenvalue weighted by Crippen LogP contribution is -2.36. The molecule has 8 nitrogen and oxygen atoms in total. The summed E-state index contributed by atoms with van der Waals surface area (Å²) in [5.74, 6) is 0.458. The van der Waals surface area contributed by atoms with Gasteiger partial charge in [-0.25, -0.2) is 9.78 Å². The standard InChI is InChI=1S/C20H28N4O4/c1-20(2,3)28-19(27)24-11-13(16(25)12-24)10-21-18(26)9-8-17-22-14-6-4-5-7-15(14)23-17/h4-7,13,16,25H,8-12H2,1-3H3,(H,21,26)(H,22,23)/t13-,16-/m1/s1. The highest BCUT2D eigenvalue weighted by atomic mass is 16.6. The van der Waals surface area contributed by atoms with E-state index >= 15 is 0 Å². The molecule has 0 aliphatic carbocycles. The summed E-state index contributed by atoms with van der Waals surface area (Å²) >= 11 is 0. The number of aryl methyl sites for hydroxylation is 1. The Hall–Kier alpha value is -2.61. The molecule has 3 rings (SSSR count). The summed E-state index contributed by atoms with van der Waals surface area (Å²) in [7, 11) is 0. The highest BCUT2D eigenvalue weighted by Crippen LogP contribution is 2.19. The number of benzene rings is 1. The summed E-state index contributed by atoms with van der Waals surface area (Å²) < 4.78 is 5.33. The second-order valence-corrected chi connectivity index (χ2v) is 8.22. The molecular weight excluding hydrogens is 360 g/mol. The second-order valence-electron chi connectivity index (χ2n) is 8.22. The van der Waals surface area contributed by atoms with E-state index < -0.39 is 17.8 Å². The van der Waals surface area contributed by atoms with Crippen molar-refractivity contribution < 1.29 is 19.4 Å². The van der Waals surface area contributed by atoms with Gasteiger partial charge in [-0.05, 0) is 32.9 Å². The van der Waals surface area contributed by atoms with Crippen molar-refractivity contribution in [1.82, 2.24) is 20.2 Å². The third-order valence-electron chi connectivity index (χ3n) is 4.65. The number of β-amino-alcohol motifs (C(OH)–C–C–N with tert-alkyl or cyclic N) is 1. The molecule has 0 saturated carbocycles. The number of nitrogens with one attached hydrogen (secondary N) is 2. The van der Waals surface area contributed by atoms with Gasteiger partial charge in [-0.15, -0.1) is 0 Å². The Morgan fingerprint density at radius 1 is 1.32 bits per heavy atom. The maximum Gasteiger partial charge on any atom is 0.410 e. The Kier molecular flexibility index (Phi) is 5.88. The fourth-order valence-electron chi connectivity index (χ4n) is 3.22. The van der Waals surface area contributed by atoms with Gasteiger partial charge in [0, 0.05) is 31.8 Å². The molecule has 1 fully saturated rings. The summed E-state index contributed by atoms with van der Waals surface area (Å²) in [6.07, 6.45) is -0.302. The number of para-hydroxylation sites is 2. The van der Waals surface area contributed by atoms with E-state index in [-0.39, 0.29) is 18.4 Å². The largest absolute Gasteiger partial charge is 0.444 e. The molecule has 152 valence electrons. The first-order chi connectivity index (χ1) is 13.2. The van der Waals surface area contributed by atoms with Crippen LogP contribution in [0.4, 0.5) is 4.79 Å². The van der Waals surface area contributed by atoms with E-state index in [9.17, 15) is 14.7 Å². The molecule has 0 unspecified atom stereocenters. The minimum Gasteiger partial charge on any atom is -0.444 e. The number of hydrogen-bond donors (Lipinski definition) is 3. The highest BCUT2D eigenvalue weighted by molar-refractivity contribution is 5.77. The molecule has 1 aromatic carbocycles. The van der Waals surface area contributed by atoms with Gasteiger partial charge >= 0.3 is 6.09 Å². The number of ether oxygens (including phenoxy) is 1. The number of aliphatic hydroxyl groups is 1. The maximum absolute atomic E-state index is 12.2. The molecule has 2 heterocycles. The molecule has 8 heteroatoms. The first-order valence-electron chi connectivity index (χ1n) is 9.57. The topological polar surface area (TPSA) is 108 Å². The van der Waals surface area contributed by atoms with E-state index in [0.717, 1.165) is 16.9 Å². The molecule has 28 heavy (non-hydrogen) atoms. The lowest BCUT2D eigenvalue weighted by molar-refractivity contribution is -0.121. The van der Waals surface area contributed by atoms with Crippen molar-refractivity contribution in [2.24, 2.45) is 5.92 Å². The third kappa shape index (κ3) is 5.22. The van der Waals surface area contributed by atoms with Gasteiger partial charge in [-0.1, -0.05) is 12.1 Å². The van der Waals surface area contributed by atoms with E-state index in [1.54, 1.807) is 20.8 Å². The van der Waals surface area contributed by atoms with Crippen molar-refractivity contribution in [2.75, 3.05) is 19.6 Å². The Balaban J connectivity index is 1.43. The van der Waals surface area contributed by atoms with Crippen LogP contribution in [0.5, 0.6) is 0 Å². The van der Waals surface area contributed by atoms with Gasteiger partial charge in [-0.3, -0.25) is 4.79 Å². The van der Waals surface area contributed by atoms with Gasteiger partial charge in [0.25, 0.3) is 0 Å². The van der Waals surface area contributed by atoms with Crippen LogP contribution in [0.25, 0.3) is 11.0 Å². The fourth-order valence-corrected chi connectivity index (χ4v) is 3.22. The number of carbonyl (C=O) groups excluding carboxylic acids is 2. The summed E-state index contributed by atoms with van der Waals surface area (Å²) in [4.78, 5) is 33.4. The van der Waals surface area contributed by atoms with Gasteiger partial charge in [0.05, 0.1) is 23.7 Å². The molecule has 0 spiro atoms. The molecule has 2 atom stereocenters. The third-order valence-corrected chi connectivity index (χ3v) is 4.65. The van der Waals surface area contributed by atoms with Crippen LogP contribution in [0.1, 0.15) is 33.0 Å². The number of aromatic amines is 1. The lowest BCUT2D eigenvalue weighted by Gasteiger charge is -2.24. The molecule has 1 saturated heterocycles. The van der Waals surface area contributed by atoms with Gasteiger partial charge in [0.1, 0.15) is 11.4 Å². The zero-order chi connectivity index (χ0) is 20.3. The molecule has 1 aliphatic heterocycles. The van der Waals surface area contributed by atoms with Gasteiger partial charge in [-0.2, -0.15) is 0 Å². The summed E-state index contributed by atoms with van der Waals surface area (Å²) in [5.41, 5.74) is 1.26. The summed E-state index contributed by atoms with van der Waals surface area (Å²) in [6.45, 7) is 6.30. The first kappa shape index (κ1) is 20.1. The fraction of sp³-hybridized carbons (Fsp3) is 0.550. The predicted octanol–water partition coefficient (Wildman–Crippen LogP) is 1.84. The van der Waals surface area contributed by atoms with Crippen LogP contribution in [0, 0.1) is 5.92 Å². The minimum atomic E-state index is -0.678. The molecular formula is C20H28N4O4. The summed E-state index contributed by atoms with van der Waals surface area (Å²) in [6, 6.07) is 7.73. The van der Waals surface area contributed by atoms with E-state index in [0.29, 0.717) is 25.9 Å². The Labute approximate surface area is 164 Å². The minimum absolute atomic E-state index is 0.108. The second kappa shape index (κ2) is 8.18. The number of rotatable bonds is 5. The number of aromatic nitrogens is 2. The van der Waals surface area contributed by atoms with Crippen LogP contribution >= 0.6 is 0 Å². The van der Waals surface area contributed by atoms with Crippen LogP contribution in [-0.4, -0.2) is 63.3 Å². The van der Waals surface area contributed by atoms with Crippen molar-refractivity contribution in [2.45, 2.75) is 45.3 Å². The van der Waals surface area contributed by atoms with Crippen molar-refractivity contribution in [1.29, 1.82) is 0 Å². The Morgan fingerprint density at radius 2 is 2.07 bits per heavy atom. The summed E-state index contributed by atoms with van der Waals surface area (Å²) in [5, 5.41) is 13.0. The number of imidazole rings is 1. The zero-order valence-corrected chi connectivity index (χ0v) is 16.6. The van der Waals surface area contributed by atoms with Crippen LogP contribution in [-0.2, 0) is 16.0 Å². The number of likely N-dealkylation sites (tertiary alicyclic amines) is 1. The number of hydrogen-bond acceptors (Lipinski definition) is 5. The van der Waals surface area contributed by atoms with Crippen molar-refractivity contribution in [3.8, 4) is 0 Å². The van der Waals surface area contributed by atoms with E-state index in [1.165, 1.54) is 4.90 Å². The Bertz CT molecular complexity index is 809. The van der Waals surface area contributed by atoms with Crippen LogP contribution in [0.15, 0.2) is 24.3 Å². The van der Waals surface area contributed by atoms with Crippen LogP contribution in [0.3, 0.4) is 0 Å². The first-order valence-corrected chi connectivity index (χ1v) is 9.57. The van der Waals surface area contributed by atoms with E-state index in [1.807, 2.05) is 24.3 Å². The molecule has 0 bridgehead atoms. The van der Waals surface area contributed by atoms with Gasteiger partial charge in [0.15, 0.2) is 0 Å². The van der Waals surface area contributed by atoms with Gasteiger partial charge < -0.3 is 25.0 Å².